The second kappa shape index (κ2) is 7.42. The van der Waals surface area contributed by atoms with E-state index in [-0.39, 0.29) is 5.82 Å². The van der Waals surface area contributed by atoms with Crippen molar-refractivity contribution in [3.05, 3.63) is 87.6 Å². The van der Waals surface area contributed by atoms with Crippen LogP contribution in [-0.4, -0.2) is 27.5 Å². The Morgan fingerprint density at radius 1 is 0.935 bits per heavy atom. The molecule has 0 saturated carbocycles. The number of thiophene rings is 1. The van der Waals surface area contributed by atoms with Crippen LogP contribution in [0.2, 0.25) is 0 Å². The zero-order valence-corrected chi connectivity index (χ0v) is 18.7. The smallest absolute Gasteiger partial charge is 0.160 e. The third kappa shape index (κ3) is 3.25. The van der Waals surface area contributed by atoms with Gasteiger partial charge < -0.3 is 4.90 Å². The normalized spacial score (nSPS) is 12.7. The summed E-state index contributed by atoms with van der Waals surface area (Å²) in [4.78, 5) is 8.26. The van der Waals surface area contributed by atoms with E-state index in [9.17, 15) is 4.39 Å². The van der Waals surface area contributed by atoms with E-state index < -0.39 is 0 Å². The summed E-state index contributed by atoms with van der Waals surface area (Å²) in [6.45, 7) is 6.77. The van der Waals surface area contributed by atoms with Crippen molar-refractivity contribution in [2.45, 2.75) is 27.3 Å². The fourth-order valence-electron chi connectivity index (χ4n) is 3.94. The Labute approximate surface area is 184 Å². The number of halogens is 1. The van der Waals surface area contributed by atoms with Gasteiger partial charge >= 0.3 is 0 Å². The van der Waals surface area contributed by atoms with Gasteiger partial charge in [-0.3, -0.25) is 9.56 Å². The number of aliphatic imine (C=N–C) groups is 1. The lowest BCUT2D eigenvalue weighted by Gasteiger charge is -2.20. The second-order valence-corrected chi connectivity index (χ2v) is 8.91. The van der Waals surface area contributed by atoms with Gasteiger partial charge in [-0.2, -0.15) is 0 Å². The molecule has 0 amide bonds. The van der Waals surface area contributed by atoms with Crippen LogP contribution in [0, 0.1) is 26.6 Å². The first-order valence-corrected chi connectivity index (χ1v) is 10.9. The monoisotopic (exact) mass is 431 g/mol. The number of fused-ring (bicyclic) bond motifs is 3. The fourth-order valence-corrected chi connectivity index (χ4v) is 5.17. The van der Waals surface area contributed by atoms with Crippen molar-refractivity contribution in [3.8, 4) is 5.00 Å². The van der Waals surface area contributed by atoms with Gasteiger partial charge in [-0.25, -0.2) is 4.39 Å². The molecule has 0 saturated heterocycles. The lowest BCUT2D eigenvalue weighted by Crippen LogP contribution is -2.10. The molecular weight excluding hydrogens is 409 g/mol. The molecule has 0 radical (unpaired) electrons. The van der Waals surface area contributed by atoms with Crippen LogP contribution in [0.4, 0.5) is 15.8 Å². The minimum Gasteiger partial charge on any atom is -0.345 e. The van der Waals surface area contributed by atoms with Crippen LogP contribution in [0.1, 0.15) is 33.2 Å². The van der Waals surface area contributed by atoms with Crippen LogP contribution in [0.3, 0.4) is 0 Å². The average molecular weight is 432 g/mol. The Hall–Kier alpha value is -3.32. The first kappa shape index (κ1) is 19.6. The highest BCUT2D eigenvalue weighted by atomic mass is 32.1. The van der Waals surface area contributed by atoms with Crippen molar-refractivity contribution < 1.29 is 4.39 Å². The summed E-state index contributed by atoms with van der Waals surface area (Å²) in [5.41, 5.74) is 6.40. The Balaban J connectivity index is 1.55. The molecule has 2 aromatic heterocycles. The molecule has 2 aromatic carbocycles. The van der Waals surface area contributed by atoms with Crippen LogP contribution < -0.4 is 4.90 Å². The summed E-state index contributed by atoms with van der Waals surface area (Å²) in [6, 6.07) is 14.9. The van der Waals surface area contributed by atoms with E-state index in [1.54, 1.807) is 23.5 Å². The number of hydrogen-bond donors (Lipinski definition) is 0. The molecule has 0 bridgehead atoms. The van der Waals surface area contributed by atoms with Crippen molar-refractivity contribution >= 4 is 28.4 Å². The molecular formula is C24H22FN5S. The van der Waals surface area contributed by atoms with Crippen molar-refractivity contribution in [2.24, 2.45) is 4.99 Å². The van der Waals surface area contributed by atoms with Crippen molar-refractivity contribution in [3.63, 3.8) is 0 Å². The molecule has 4 aromatic rings. The Morgan fingerprint density at radius 3 is 2.26 bits per heavy atom. The van der Waals surface area contributed by atoms with E-state index in [0.29, 0.717) is 6.54 Å². The highest BCUT2D eigenvalue weighted by molar-refractivity contribution is 7.15. The molecule has 7 heteroatoms. The topological polar surface area (TPSA) is 46.3 Å². The molecule has 0 aliphatic carbocycles. The molecule has 1 aliphatic rings. The average Bonchev–Trinajstić information content (AvgIpc) is 3.22. The van der Waals surface area contributed by atoms with Crippen LogP contribution in [0.15, 0.2) is 53.5 Å². The van der Waals surface area contributed by atoms with Crippen molar-refractivity contribution in [2.75, 3.05) is 11.9 Å². The number of nitrogens with zero attached hydrogens (tertiary/aromatic N) is 5. The zero-order valence-electron chi connectivity index (χ0n) is 17.8. The Kier molecular flexibility index (Phi) is 4.70. The van der Waals surface area contributed by atoms with Crippen LogP contribution in [-0.2, 0) is 6.54 Å². The number of benzene rings is 2. The van der Waals surface area contributed by atoms with Gasteiger partial charge in [-0.15, -0.1) is 21.5 Å². The number of rotatable bonds is 3. The minimum atomic E-state index is -0.235. The maximum absolute atomic E-state index is 13.3. The van der Waals surface area contributed by atoms with Gasteiger partial charge in [0.1, 0.15) is 23.2 Å². The molecule has 5 nitrogen and oxygen atoms in total. The van der Waals surface area contributed by atoms with Gasteiger partial charge in [-0.05, 0) is 62.7 Å². The Morgan fingerprint density at radius 2 is 1.58 bits per heavy atom. The largest absolute Gasteiger partial charge is 0.345 e. The predicted octanol–water partition coefficient (Wildman–Crippen LogP) is 5.51. The van der Waals surface area contributed by atoms with Crippen LogP contribution in [0.25, 0.3) is 5.00 Å². The quantitative estimate of drug-likeness (QED) is 0.430. The van der Waals surface area contributed by atoms with Gasteiger partial charge in [0.05, 0.1) is 5.71 Å². The first-order chi connectivity index (χ1) is 14.9. The first-order valence-electron chi connectivity index (χ1n) is 10.1. The van der Waals surface area contributed by atoms with E-state index in [1.165, 1.54) is 22.6 Å². The minimum absolute atomic E-state index is 0.235. The van der Waals surface area contributed by atoms with E-state index in [1.807, 2.05) is 18.9 Å². The van der Waals surface area contributed by atoms with Gasteiger partial charge in [0, 0.05) is 34.4 Å². The molecule has 0 spiro atoms. The zero-order chi connectivity index (χ0) is 21.7. The second-order valence-electron chi connectivity index (χ2n) is 7.71. The molecule has 31 heavy (non-hydrogen) atoms. The molecule has 156 valence electrons. The van der Waals surface area contributed by atoms with E-state index in [0.717, 1.165) is 44.9 Å². The summed E-state index contributed by atoms with van der Waals surface area (Å²) in [6.07, 6.45) is 0. The third-order valence-corrected chi connectivity index (χ3v) is 7.01. The molecule has 0 fully saturated rings. The third-order valence-electron chi connectivity index (χ3n) is 5.82. The molecule has 5 rings (SSSR count). The highest BCUT2D eigenvalue weighted by Gasteiger charge is 2.26. The highest BCUT2D eigenvalue weighted by Crippen LogP contribution is 2.36. The summed E-state index contributed by atoms with van der Waals surface area (Å²) < 4.78 is 15.4. The number of aromatic nitrogens is 3. The fraction of sp³-hybridized carbons (Fsp3) is 0.208. The number of aryl methyl sites for hydroxylation is 2. The molecule has 3 heterocycles. The molecule has 0 N–H and O–H groups in total. The summed E-state index contributed by atoms with van der Waals surface area (Å²) in [5, 5.41) is 9.74. The summed E-state index contributed by atoms with van der Waals surface area (Å²) in [5.74, 6) is 1.51. The van der Waals surface area contributed by atoms with Crippen LogP contribution in [0.5, 0.6) is 0 Å². The molecule has 0 unspecified atom stereocenters. The van der Waals surface area contributed by atoms with Gasteiger partial charge in [-0.1, -0.05) is 12.1 Å². The van der Waals surface area contributed by atoms with E-state index in [4.69, 9.17) is 4.99 Å². The summed E-state index contributed by atoms with van der Waals surface area (Å²) >= 11 is 1.76. The number of anilines is 2. The van der Waals surface area contributed by atoms with Crippen molar-refractivity contribution in [1.29, 1.82) is 0 Å². The van der Waals surface area contributed by atoms with Gasteiger partial charge in [0.15, 0.2) is 5.82 Å². The SMILES string of the molecule is Cc1sc2c(c1C)C(c1ccc(N(C)c3ccc(F)cc3)cc1)=NCc1nnc(C)n1-2. The number of hydrogen-bond acceptors (Lipinski definition) is 5. The lowest BCUT2D eigenvalue weighted by atomic mass is 9.99. The standard InChI is InChI=1S/C24H22FN5S/c1-14-15(2)31-24-22(14)23(26-13-21-28-27-16(3)30(21)24)17-5-9-19(10-6-17)29(4)20-11-7-18(25)8-12-20/h5-12H,13H2,1-4H3. The van der Waals surface area contributed by atoms with E-state index in [2.05, 4.69) is 52.9 Å². The molecule has 1 aliphatic heterocycles. The Bertz CT molecular complexity index is 1300. The van der Waals surface area contributed by atoms with Crippen molar-refractivity contribution in [1.82, 2.24) is 14.8 Å². The maximum Gasteiger partial charge on any atom is 0.160 e. The van der Waals surface area contributed by atoms with Gasteiger partial charge in [0.2, 0.25) is 0 Å². The van der Waals surface area contributed by atoms with Crippen LogP contribution >= 0.6 is 11.3 Å². The van der Waals surface area contributed by atoms with E-state index >= 15 is 0 Å². The van der Waals surface area contributed by atoms with Gasteiger partial charge in [0.25, 0.3) is 0 Å². The molecule has 0 atom stereocenters. The lowest BCUT2D eigenvalue weighted by molar-refractivity contribution is 0.628. The maximum atomic E-state index is 13.3. The summed E-state index contributed by atoms with van der Waals surface area (Å²) in [7, 11) is 1.98. The predicted molar refractivity (Wildman–Crippen MR) is 124 cm³/mol.